The lowest BCUT2D eigenvalue weighted by atomic mass is 9.94. The average molecular weight is 408 g/mol. The van der Waals surface area contributed by atoms with E-state index in [1.165, 1.54) is 24.9 Å². The van der Waals surface area contributed by atoms with Crippen LogP contribution in [-0.4, -0.2) is 45.2 Å². The molecule has 2 N–H and O–H groups in total. The van der Waals surface area contributed by atoms with Gasteiger partial charge in [0.1, 0.15) is 0 Å². The number of hydrogen-bond donors (Lipinski definition) is 1. The van der Waals surface area contributed by atoms with Gasteiger partial charge in [0.2, 0.25) is 0 Å². The van der Waals surface area contributed by atoms with E-state index in [9.17, 15) is 4.79 Å². The Morgan fingerprint density at radius 3 is 2.20 bits per heavy atom. The van der Waals surface area contributed by atoms with E-state index in [0.29, 0.717) is 11.3 Å². The van der Waals surface area contributed by atoms with E-state index in [0.717, 1.165) is 69.0 Å². The molecular formula is C25H33N3O2. The van der Waals surface area contributed by atoms with E-state index in [4.69, 9.17) is 10.5 Å². The fraction of sp³-hybridized carbons (Fsp3) is 0.480. The topological polar surface area (TPSA) is 58.8 Å². The Hall–Kier alpha value is -2.53. The fourth-order valence-electron chi connectivity index (χ4n) is 4.55. The second kappa shape index (κ2) is 9.52. The number of hydrogen-bond acceptors (Lipinski definition) is 5. The number of nitrogen functional groups attached to an aromatic ring is 1. The van der Waals surface area contributed by atoms with Gasteiger partial charge in [-0.2, -0.15) is 0 Å². The summed E-state index contributed by atoms with van der Waals surface area (Å²) in [6.45, 7) is 7.53. The SMILES string of the molecule is CCCc1cc(N2CCCCC2)ccc1C(=O)c1ccc(N2CCOCC2)cc1N. The lowest BCUT2D eigenvalue weighted by molar-refractivity contribution is 0.103. The lowest BCUT2D eigenvalue weighted by Crippen LogP contribution is -2.36. The minimum Gasteiger partial charge on any atom is -0.398 e. The van der Waals surface area contributed by atoms with E-state index in [1.54, 1.807) is 0 Å². The van der Waals surface area contributed by atoms with Gasteiger partial charge in [0, 0.05) is 54.4 Å². The van der Waals surface area contributed by atoms with Crippen LogP contribution in [0.25, 0.3) is 0 Å². The average Bonchev–Trinajstić information content (AvgIpc) is 2.80. The number of nitrogens with zero attached hydrogens (tertiary/aromatic N) is 2. The molecule has 5 heteroatoms. The highest BCUT2D eigenvalue weighted by molar-refractivity contribution is 6.13. The Morgan fingerprint density at radius 2 is 1.53 bits per heavy atom. The predicted molar refractivity (Wildman–Crippen MR) is 124 cm³/mol. The zero-order valence-corrected chi connectivity index (χ0v) is 18.0. The minimum absolute atomic E-state index is 0.0228. The Kier molecular flexibility index (Phi) is 6.58. The standard InChI is InChI=1S/C25H33N3O2/c1-2-6-19-17-20(27-11-4-3-5-12-27)7-9-22(19)25(29)23-10-8-21(18-24(23)26)28-13-15-30-16-14-28/h7-10,17-18H,2-6,11-16,26H2,1H3. The van der Waals surface area contributed by atoms with Crippen molar-refractivity contribution in [3.8, 4) is 0 Å². The van der Waals surface area contributed by atoms with Crippen LogP contribution in [0.1, 0.15) is 54.1 Å². The van der Waals surface area contributed by atoms with Crippen LogP contribution in [0.2, 0.25) is 0 Å². The van der Waals surface area contributed by atoms with Crippen molar-refractivity contribution < 1.29 is 9.53 Å². The van der Waals surface area contributed by atoms with Crippen molar-refractivity contribution >= 4 is 22.8 Å². The van der Waals surface area contributed by atoms with Crippen molar-refractivity contribution in [3.05, 3.63) is 53.1 Å². The number of nitrogens with two attached hydrogens (primary N) is 1. The molecule has 0 unspecified atom stereocenters. The molecule has 4 rings (SSSR count). The summed E-state index contributed by atoms with van der Waals surface area (Å²) in [5.41, 5.74) is 11.7. The van der Waals surface area contributed by atoms with E-state index in [-0.39, 0.29) is 5.78 Å². The van der Waals surface area contributed by atoms with Gasteiger partial charge in [-0.1, -0.05) is 13.3 Å². The first-order chi connectivity index (χ1) is 14.7. The van der Waals surface area contributed by atoms with Crippen LogP contribution in [0.3, 0.4) is 0 Å². The quantitative estimate of drug-likeness (QED) is 0.572. The lowest BCUT2D eigenvalue weighted by Gasteiger charge is -2.30. The number of aryl methyl sites for hydroxylation is 1. The van der Waals surface area contributed by atoms with Gasteiger partial charge in [-0.25, -0.2) is 0 Å². The molecule has 2 fully saturated rings. The summed E-state index contributed by atoms with van der Waals surface area (Å²) in [5, 5.41) is 0. The number of ketones is 1. The normalized spacial score (nSPS) is 17.2. The monoisotopic (exact) mass is 407 g/mol. The first kappa shape index (κ1) is 20.7. The molecule has 0 spiro atoms. The predicted octanol–water partition coefficient (Wildman–Crippen LogP) is 4.28. The number of piperidine rings is 1. The summed E-state index contributed by atoms with van der Waals surface area (Å²) in [5.74, 6) is 0.0228. The number of ether oxygens (including phenoxy) is 1. The molecule has 0 radical (unpaired) electrons. The zero-order valence-electron chi connectivity index (χ0n) is 18.0. The molecule has 2 aliphatic heterocycles. The van der Waals surface area contributed by atoms with E-state index >= 15 is 0 Å². The highest BCUT2D eigenvalue weighted by Crippen LogP contribution is 2.29. The van der Waals surface area contributed by atoms with E-state index in [1.807, 2.05) is 24.3 Å². The first-order valence-corrected chi connectivity index (χ1v) is 11.3. The molecule has 0 bridgehead atoms. The summed E-state index contributed by atoms with van der Waals surface area (Å²) in [7, 11) is 0. The number of carbonyl (C=O) groups is 1. The van der Waals surface area contributed by atoms with Crippen molar-refractivity contribution in [1.82, 2.24) is 0 Å². The Balaban J connectivity index is 1.60. The smallest absolute Gasteiger partial charge is 0.195 e. The number of rotatable bonds is 6. The highest BCUT2D eigenvalue weighted by Gasteiger charge is 2.20. The number of benzene rings is 2. The Bertz CT molecular complexity index is 884. The van der Waals surface area contributed by atoms with Gasteiger partial charge < -0.3 is 20.3 Å². The summed E-state index contributed by atoms with van der Waals surface area (Å²) in [4.78, 5) is 18.1. The molecule has 0 aliphatic carbocycles. The molecule has 2 aromatic rings. The molecule has 30 heavy (non-hydrogen) atoms. The second-order valence-corrected chi connectivity index (χ2v) is 8.34. The Labute approximate surface area is 179 Å². The molecule has 2 aromatic carbocycles. The third-order valence-electron chi connectivity index (χ3n) is 6.23. The molecule has 160 valence electrons. The molecule has 0 amide bonds. The first-order valence-electron chi connectivity index (χ1n) is 11.3. The van der Waals surface area contributed by atoms with Crippen LogP contribution in [0.4, 0.5) is 17.1 Å². The third-order valence-corrected chi connectivity index (χ3v) is 6.23. The molecule has 0 aromatic heterocycles. The zero-order chi connectivity index (χ0) is 20.9. The molecule has 2 aliphatic rings. The summed E-state index contributed by atoms with van der Waals surface area (Å²) in [6, 6.07) is 12.2. The Morgan fingerprint density at radius 1 is 0.900 bits per heavy atom. The van der Waals surface area contributed by atoms with Crippen molar-refractivity contribution in [2.24, 2.45) is 0 Å². The molecular weight excluding hydrogens is 374 g/mol. The maximum atomic E-state index is 13.4. The van der Waals surface area contributed by atoms with Crippen LogP contribution >= 0.6 is 0 Å². The van der Waals surface area contributed by atoms with Crippen molar-refractivity contribution in [3.63, 3.8) is 0 Å². The van der Waals surface area contributed by atoms with Gasteiger partial charge in [-0.3, -0.25) is 4.79 Å². The van der Waals surface area contributed by atoms with Crippen molar-refractivity contribution in [2.75, 3.05) is 54.9 Å². The minimum atomic E-state index is 0.0228. The van der Waals surface area contributed by atoms with Crippen molar-refractivity contribution in [2.45, 2.75) is 39.0 Å². The van der Waals surface area contributed by atoms with Crippen molar-refractivity contribution in [1.29, 1.82) is 0 Å². The van der Waals surface area contributed by atoms with Crippen LogP contribution in [0, 0.1) is 0 Å². The molecule has 0 saturated carbocycles. The largest absolute Gasteiger partial charge is 0.398 e. The third kappa shape index (κ3) is 4.46. The number of carbonyl (C=O) groups excluding carboxylic acids is 1. The number of anilines is 3. The van der Waals surface area contributed by atoms with Crippen LogP contribution in [0.15, 0.2) is 36.4 Å². The fourth-order valence-corrected chi connectivity index (χ4v) is 4.55. The second-order valence-electron chi connectivity index (χ2n) is 8.34. The van der Waals surface area contributed by atoms with E-state index in [2.05, 4.69) is 28.9 Å². The molecule has 2 heterocycles. The molecule has 2 saturated heterocycles. The van der Waals surface area contributed by atoms with Gasteiger partial charge in [-0.15, -0.1) is 0 Å². The highest BCUT2D eigenvalue weighted by atomic mass is 16.5. The van der Waals surface area contributed by atoms with Gasteiger partial charge in [0.05, 0.1) is 13.2 Å². The summed E-state index contributed by atoms with van der Waals surface area (Å²) in [6.07, 6.45) is 5.71. The summed E-state index contributed by atoms with van der Waals surface area (Å²) < 4.78 is 5.43. The van der Waals surface area contributed by atoms with Crippen LogP contribution in [0.5, 0.6) is 0 Å². The van der Waals surface area contributed by atoms with E-state index < -0.39 is 0 Å². The van der Waals surface area contributed by atoms with Gasteiger partial charge in [0.15, 0.2) is 5.78 Å². The van der Waals surface area contributed by atoms with Gasteiger partial charge in [0.25, 0.3) is 0 Å². The summed E-state index contributed by atoms with van der Waals surface area (Å²) >= 11 is 0. The molecule has 0 atom stereocenters. The maximum absolute atomic E-state index is 13.4. The molecule has 5 nitrogen and oxygen atoms in total. The maximum Gasteiger partial charge on any atom is 0.195 e. The van der Waals surface area contributed by atoms with Gasteiger partial charge >= 0.3 is 0 Å². The van der Waals surface area contributed by atoms with Crippen LogP contribution in [-0.2, 0) is 11.2 Å². The van der Waals surface area contributed by atoms with Crippen LogP contribution < -0.4 is 15.5 Å². The van der Waals surface area contributed by atoms with Gasteiger partial charge in [-0.05, 0) is 67.6 Å². The number of morpholine rings is 1.